The lowest BCUT2D eigenvalue weighted by molar-refractivity contribution is -0.137. The number of urea groups is 1. The van der Waals surface area contributed by atoms with Crippen LogP contribution in [0.25, 0.3) is 0 Å². The number of halogens is 3. The molecule has 0 aliphatic heterocycles. The van der Waals surface area contributed by atoms with Crippen molar-refractivity contribution in [2.45, 2.75) is 19.0 Å². The number of amides is 2. The van der Waals surface area contributed by atoms with Gasteiger partial charge in [0.2, 0.25) is 0 Å². The summed E-state index contributed by atoms with van der Waals surface area (Å²) in [6, 6.07) is 12.2. The Morgan fingerprint density at radius 2 is 1.85 bits per heavy atom. The Hall–Kier alpha value is -2.19. The van der Waals surface area contributed by atoms with Gasteiger partial charge in [-0.25, -0.2) is 9.10 Å². The van der Waals surface area contributed by atoms with Crippen LogP contribution in [0.15, 0.2) is 42.5 Å². The molecule has 0 unspecified atom stereocenters. The molecule has 0 atom stereocenters. The van der Waals surface area contributed by atoms with Crippen molar-refractivity contribution in [2.24, 2.45) is 0 Å². The van der Waals surface area contributed by atoms with Gasteiger partial charge in [0, 0.05) is 5.69 Å². The zero-order chi connectivity index (χ0) is 20.0. The molecule has 2 rings (SSSR count). The molecule has 1 radical (unpaired) electrons. The fraction of sp³-hybridized carbons (Fsp3) is 0.316. The Bertz CT molecular complexity index is 767. The molecule has 0 aliphatic carbocycles. The Labute approximate surface area is 162 Å². The Morgan fingerprint density at radius 1 is 1.19 bits per heavy atom. The van der Waals surface area contributed by atoms with E-state index in [2.05, 4.69) is 24.2 Å². The fourth-order valence-corrected chi connectivity index (χ4v) is 2.67. The van der Waals surface area contributed by atoms with E-state index < -0.39 is 17.8 Å². The van der Waals surface area contributed by atoms with Crippen LogP contribution in [0.1, 0.15) is 17.5 Å². The van der Waals surface area contributed by atoms with Gasteiger partial charge in [-0.2, -0.15) is 13.2 Å². The number of rotatable bonds is 6. The molecular formula is C19H21F3N3OS. The van der Waals surface area contributed by atoms with Gasteiger partial charge < -0.3 is 10.2 Å². The molecule has 145 valence electrons. The van der Waals surface area contributed by atoms with E-state index in [9.17, 15) is 18.0 Å². The van der Waals surface area contributed by atoms with Crippen LogP contribution in [0, 0.1) is 6.07 Å². The first-order chi connectivity index (χ1) is 12.7. The lowest BCUT2D eigenvalue weighted by atomic mass is 10.0. The summed E-state index contributed by atoms with van der Waals surface area (Å²) in [6.45, 7) is 0.757. The Balaban J connectivity index is 2.20. The fourth-order valence-electron chi connectivity index (χ4n) is 2.48. The van der Waals surface area contributed by atoms with Crippen molar-refractivity contribution in [3.63, 3.8) is 0 Å². The van der Waals surface area contributed by atoms with Crippen LogP contribution in [-0.2, 0) is 12.6 Å². The van der Waals surface area contributed by atoms with Gasteiger partial charge in [0.25, 0.3) is 0 Å². The van der Waals surface area contributed by atoms with E-state index in [0.717, 1.165) is 23.0 Å². The van der Waals surface area contributed by atoms with Gasteiger partial charge >= 0.3 is 12.2 Å². The minimum atomic E-state index is -4.49. The first kappa shape index (κ1) is 21.1. The molecule has 0 aliphatic rings. The summed E-state index contributed by atoms with van der Waals surface area (Å²) in [6.07, 6.45) is -3.31. The maximum atomic E-state index is 13.2. The molecule has 27 heavy (non-hydrogen) atoms. The predicted molar refractivity (Wildman–Crippen MR) is 104 cm³/mol. The summed E-state index contributed by atoms with van der Waals surface area (Å²) >= 11 is 4.11. The average Bonchev–Trinajstić information content (AvgIpc) is 2.60. The van der Waals surface area contributed by atoms with Gasteiger partial charge in [0.05, 0.1) is 11.3 Å². The lowest BCUT2D eigenvalue weighted by Gasteiger charge is -2.18. The molecule has 0 bridgehead atoms. The number of alkyl halides is 3. The number of carbonyl (C=O) groups is 1. The van der Waals surface area contributed by atoms with Gasteiger partial charge in [-0.3, -0.25) is 0 Å². The number of thiol groups is 1. The largest absolute Gasteiger partial charge is 0.416 e. The normalized spacial score (nSPS) is 11.5. The molecule has 4 nitrogen and oxygen atoms in total. The lowest BCUT2D eigenvalue weighted by Crippen LogP contribution is -2.27. The molecule has 8 heteroatoms. The van der Waals surface area contributed by atoms with E-state index in [1.165, 1.54) is 0 Å². The highest BCUT2D eigenvalue weighted by molar-refractivity contribution is 7.82. The number of nitrogens with one attached hydrogen (secondary N) is 1. The second-order valence-corrected chi connectivity index (χ2v) is 6.72. The van der Waals surface area contributed by atoms with Crippen molar-refractivity contribution < 1.29 is 18.0 Å². The molecule has 0 saturated carbocycles. The summed E-state index contributed by atoms with van der Waals surface area (Å²) in [5, 5.41) is 2.48. The van der Waals surface area contributed by atoms with Crippen molar-refractivity contribution in [3.05, 3.63) is 59.7 Å². The van der Waals surface area contributed by atoms with Crippen LogP contribution in [0.3, 0.4) is 0 Å². The monoisotopic (exact) mass is 396 g/mol. The SMILES string of the molecule is CN(C)CCCc1cc(NC(=O)N(S)c2cc[c]cc2)cc(C(F)(F)F)c1. The van der Waals surface area contributed by atoms with Crippen LogP contribution in [0.4, 0.5) is 29.3 Å². The van der Waals surface area contributed by atoms with E-state index >= 15 is 0 Å². The van der Waals surface area contributed by atoms with Gasteiger partial charge in [-0.1, -0.05) is 24.9 Å². The molecule has 2 amide bonds. The number of aryl methyl sites for hydroxylation is 1. The van der Waals surface area contributed by atoms with Crippen LogP contribution in [0.2, 0.25) is 0 Å². The summed E-state index contributed by atoms with van der Waals surface area (Å²) in [4.78, 5) is 14.3. The highest BCUT2D eigenvalue weighted by Gasteiger charge is 2.31. The average molecular weight is 396 g/mol. The Morgan fingerprint density at radius 3 is 2.44 bits per heavy atom. The van der Waals surface area contributed by atoms with Gasteiger partial charge in [-0.05, 0) is 75.4 Å². The van der Waals surface area contributed by atoms with E-state index in [1.54, 1.807) is 30.3 Å². The molecule has 0 heterocycles. The van der Waals surface area contributed by atoms with E-state index in [0.29, 0.717) is 24.1 Å². The maximum absolute atomic E-state index is 13.2. The maximum Gasteiger partial charge on any atom is 0.416 e. The van der Waals surface area contributed by atoms with Crippen LogP contribution < -0.4 is 9.62 Å². The van der Waals surface area contributed by atoms with Gasteiger partial charge in [-0.15, -0.1) is 0 Å². The second-order valence-electron chi connectivity index (χ2n) is 6.32. The zero-order valence-corrected chi connectivity index (χ0v) is 15.9. The highest BCUT2D eigenvalue weighted by Crippen LogP contribution is 2.32. The van der Waals surface area contributed by atoms with Gasteiger partial charge in [0.1, 0.15) is 0 Å². The van der Waals surface area contributed by atoms with E-state index in [1.807, 2.05) is 19.0 Å². The van der Waals surface area contributed by atoms with Crippen molar-refractivity contribution in [2.75, 3.05) is 30.3 Å². The quantitative estimate of drug-likeness (QED) is 0.683. The van der Waals surface area contributed by atoms with Crippen LogP contribution in [-0.4, -0.2) is 31.6 Å². The van der Waals surface area contributed by atoms with Gasteiger partial charge in [0.15, 0.2) is 0 Å². The van der Waals surface area contributed by atoms with Crippen LogP contribution >= 0.6 is 12.8 Å². The number of carbonyl (C=O) groups excluding carboxylic acids is 1. The topological polar surface area (TPSA) is 35.6 Å². The minimum absolute atomic E-state index is 0.0798. The number of benzene rings is 2. The summed E-state index contributed by atoms with van der Waals surface area (Å²) in [5.41, 5.74) is 0.283. The van der Waals surface area contributed by atoms with Crippen molar-refractivity contribution in [1.29, 1.82) is 0 Å². The molecule has 0 spiro atoms. The first-order valence-electron chi connectivity index (χ1n) is 8.29. The van der Waals surface area contributed by atoms with E-state index in [4.69, 9.17) is 0 Å². The number of nitrogens with zero attached hydrogens (tertiary/aromatic N) is 2. The minimum Gasteiger partial charge on any atom is -0.309 e. The zero-order valence-electron chi connectivity index (χ0n) is 15.0. The second kappa shape index (κ2) is 9.14. The highest BCUT2D eigenvalue weighted by atomic mass is 32.1. The third kappa shape index (κ3) is 6.48. The van der Waals surface area contributed by atoms with Crippen molar-refractivity contribution in [3.8, 4) is 0 Å². The predicted octanol–water partition coefficient (Wildman–Crippen LogP) is 4.88. The number of hydrogen-bond donors (Lipinski definition) is 2. The van der Waals surface area contributed by atoms with Crippen molar-refractivity contribution >= 4 is 30.2 Å². The molecule has 2 aromatic rings. The number of anilines is 2. The summed E-state index contributed by atoms with van der Waals surface area (Å²) in [5.74, 6) is 0. The summed E-state index contributed by atoms with van der Waals surface area (Å²) < 4.78 is 40.7. The Kier molecular flexibility index (Phi) is 7.15. The first-order valence-corrected chi connectivity index (χ1v) is 8.69. The smallest absolute Gasteiger partial charge is 0.309 e. The molecule has 0 fully saturated rings. The third-order valence-corrected chi connectivity index (χ3v) is 4.19. The summed E-state index contributed by atoms with van der Waals surface area (Å²) in [7, 11) is 3.81. The molecule has 0 aromatic heterocycles. The number of hydrogen-bond acceptors (Lipinski definition) is 3. The third-order valence-electron chi connectivity index (χ3n) is 3.78. The van der Waals surface area contributed by atoms with Crippen LogP contribution in [0.5, 0.6) is 0 Å². The molecule has 1 N–H and O–H groups in total. The van der Waals surface area contributed by atoms with E-state index in [-0.39, 0.29) is 5.69 Å². The van der Waals surface area contributed by atoms with Crippen molar-refractivity contribution in [1.82, 2.24) is 4.90 Å². The molecular weight excluding hydrogens is 375 g/mol. The standard InChI is InChI=1S/C19H21F3N3OS/c1-24(2)10-6-7-14-11-15(19(20,21)22)13-16(12-14)23-18(26)25(27)17-8-4-3-5-9-17/h4-5,8-9,11-13,27H,6-7,10H2,1-2H3,(H,23,26). The molecule has 0 saturated heterocycles. The molecule has 2 aromatic carbocycles.